The van der Waals surface area contributed by atoms with Crippen LogP contribution in [0.5, 0.6) is 5.75 Å². The Labute approximate surface area is 122 Å². The van der Waals surface area contributed by atoms with Crippen molar-refractivity contribution in [2.45, 2.75) is 26.8 Å². The number of carboxylic acids is 1. The van der Waals surface area contributed by atoms with Crippen LogP contribution in [0.25, 0.3) is 0 Å². The van der Waals surface area contributed by atoms with Gasteiger partial charge in [0.15, 0.2) is 11.6 Å². The lowest BCUT2D eigenvalue weighted by Gasteiger charge is -2.27. The molecule has 0 fully saturated rings. The summed E-state index contributed by atoms with van der Waals surface area (Å²) in [4.78, 5) is 23.0. The van der Waals surface area contributed by atoms with Crippen LogP contribution in [-0.2, 0) is 4.79 Å². The minimum Gasteiger partial charge on any atom is -0.494 e. The van der Waals surface area contributed by atoms with Gasteiger partial charge in [-0.25, -0.2) is 14.0 Å². The summed E-state index contributed by atoms with van der Waals surface area (Å²) in [5, 5.41) is 13.9. The Kier molecular flexibility index (Phi) is 5.12. The highest BCUT2D eigenvalue weighted by molar-refractivity contribution is 5.92. The topological polar surface area (TPSA) is 87.7 Å². The Morgan fingerprint density at radius 1 is 1.33 bits per heavy atom. The van der Waals surface area contributed by atoms with E-state index < -0.39 is 29.3 Å². The van der Waals surface area contributed by atoms with Crippen LogP contribution in [-0.4, -0.2) is 30.3 Å². The molecule has 0 aliphatic rings. The van der Waals surface area contributed by atoms with Crippen LogP contribution in [0, 0.1) is 11.2 Å². The van der Waals surface area contributed by atoms with Crippen LogP contribution >= 0.6 is 0 Å². The van der Waals surface area contributed by atoms with E-state index in [1.807, 2.05) is 0 Å². The zero-order valence-electron chi connectivity index (χ0n) is 12.4. The van der Waals surface area contributed by atoms with Gasteiger partial charge in [0.1, 0.15) is 6.04 Å². The van der Waals surface area contributed by atoms with Gasteiger partial charge in [0, 0.05) is 11.8 Å². The van der Waals surface area contributed by atoms with Crippen molar-refractivity contribution in [2.75, 3.05) is 12.4 Å². The van der Waals surface area contributed by atoms with Crippen molar-refractivity contribution in [1.82, 2.24) is 5.32 Å². The number of halogens is 1. The van der Waals surface area contributed by atoms with E-state index >= 15 is 0 Å². The third-order valence-electron chi connectivity index (χ3n) is 2.80. The molecule has 0 aliphatic heterocycles. The van der Waals surface area contributed by atoms with Crippen molar-refractivity contribution in [3.8, 4) is 5.75 Å². The number of urea groups is 1. The zero-order valence-corrected chi connectivity index (χ0v) is 12.4. The Bertz CT molecular complexity index is 540. The molecular formula is C14H19FN2O4. The molecule has 21 heavy (non-hydrogen) atoms. The SMILES string of the molecule is COc1cc(NC(=O)N[C@@H](C(=O)O)C(C)(C)C)ccc1F. The molecule has 0 saturated carbocycles. The second-order valence-corrected chi connectivity index (χ2v) is 5.59. The predicted octanol–water partition coefficient (Wildman–Crippen LogP) is 2.46. The highest BCUT2D eigenvalue weighted by Gasteiger charge is 2.32. The average Bonchev–Trinajstić information content (AvgIpc) is 2.36. The average molecular weight is 298 g/mol. The molecule has 0 heterocycles. The van der Waals surface area contributed by atoms with E-state index in [-0.39, 0.29) is 5.75 Å². The maximum Gasteiger partial charge on any atom is 0.326 e. The molecule has 1 rings (SSSR count). The van der Waals surface area contributed by atoms with Crippen LogP contribution in [0.2, 0.25) is 0 Å². The number of benzene rings is 1. The fraction of sp³-hybridized carbons (Fsp3) is 0.429. The van der Waals surface area contributed by atoms with Crippen molar-refractivity contribution in [1.29, 1.82) is 0 Å². The molecule has 0 bridgehead atoms. The summed E-state index contributed by atoms with van der Waals surface area (Å²) in [6, 6.07) is 2.06. The van der Waals surface area contributed by atoms with E-state index in [9.17, 15) is 14.0 Å². The quantitative estimate of drug-likeness (QED) is 0.796. The number of amides is 2. The van der Waals surface area contributed by atoms with Gasteiger partial charge in [0.25, 0.3) is 0 Å². The number of nitrogens with one attached hydrogen (secondary N) is 2. The number of hydrogen-bond donors (Lipinski definition) is 3. The molecule has 2 amide bonds. The molecule has 3 N–H and O–H groups in total. The fourth-order valence-corrected chi connectivity index (χ4v) is 1.68. The van der Waals surface area contributed by atoms with Crippen LogP contribution in [0.4, 0.5) is 14.9 Å². The number of methoxy groups -OCH3 is 1. The second-order valence-electron chi connectivity index (χ2n) is 5.59. The lowest BCUT2D eigenvalue weighted by atomic mass is 9.87. The zero-order chi connectivity index (χ0) is 16.2. The molecule has 6 nitrogen and oxygen atoms in total. The first-order valence-corrected chi connectivity index (χ1v) is 6.29. The molecule has 1 aromatic rings. The van der Waals surface area contributed by atoms with Crippen molar-refractivity contribution in [3.63, 3.8) is 0 Å². The first-order valence-electron chi connectivity index (χ1n) is 6.29. The molecule has 0 aliphatic carbocycles. The van der Waals surface area contributed by atoms with Gasteiger partial charge in [0.2, 0.25) is 0 Å². The third-order valence-corrected chi connectivity index (χ3v) is 2.80. The number of carboxylic acid groups (broad SMARTS) is 1. The Morgan fingerprint density at radius 2 is 1.95 bits per heavy atom. The van der Waals surface area contributed by atoms with Gasteiger partial charge in [-0.3, -0.25) is 0 Å². The monoisotopic (exact) mass is 298 g/mol. The summed E-state index contributed by atoms with van der Waals surface area (Å²) >= 11 is 0. The lowest BCUT2D eigenvalue weighted by Crippen LogP contribution is -2.50. The summed E-state index contributed by atoms with van der Waals surface area (Å²) in [7, 11) is 1.31. The van der Waals surface area contributed by atoms with E-state index in [4.69, 9.17) is 9.84 Å². The number of aliphatic carboxylic acids is 1. The lowest BCUT2D eigenvalue weighted by molar-refractivity contribution is -0.141. The van der Waals surface area contributed by atoms with Crippen LogP contribution < -0.4 is 15.4 Å². The second kappa shape index (κ2) is 6.43. The molecule has 1 atom stereocenters. The normalized spacial score (nSPS) is 12.4. The minimum atomic E-state index is -1.13. The van der Waals surface area contributed by atoms with Crippen molar-refractivity contribution in [3.05, 3.63) is 24.0 Å². The largest absolute Gasteiger partial charge is 0.494 e. The van der Waals surface area contributed by atoms with E-state index in [2.05, 4.69) is 10.6 Å². The molecule has 116 valence electrons. The van der Waals surface area contributed by atoms with Gasteiger partial charge < -0.3 is 20.5 Å². The number of rotatable bonds is 4. The molecule has 0 spiro atoms. The molecule has 7 heteroatoms. The highest BCUT2D eigenvalue weighted by atomic mass is 19.1. The van der Waals surface area contributed by atoms with Gasteiger partial charge in [-0.05, 0) is 17.5 Å². The maximum absolute atomic E-state index is 13.2. The number of ether oxygens (including phenoxy) is 1. The molecular weight excluding hydrogens is 279 g/mol. The number of anilines is 1. The first-order chi connectivity index (χ1) is 9.65. The van der Waals surface area contributed by atoms with Gasteiger partial charge in [-0.15, -0.1) is 0 Å². The van der Waals surface area contributed by atoms with Gasteiger partial charge in [-0.2, -0.15) is 0 Å². The summed E-state index contributed by atoms with van der Waals surface area (Å²) in [6.07, 6.45) is 0. The van der Waals surface area contributed by atoms with Crippen molar-refractivity contribution in [2.24, 2.45) is 5.41 Å². The van der Waals surface area contributed by atoms with Crippen molar-refractivity contribution < 1.29 is 23.8 Å². The van der Waals surface area contributed by atoms with Crippen molar-refractivity contribution >= 4 is 17.7 Å². The predicted molar refractivity (Wildman–Crippen MR) is 76.0 cm³/mol. The molecule has 0 unspecified atom stereocenters. The van der Waals surface area contributed by atoms with Crippen LogP contribution in [0.1, 0.15) is 20.8 Å². The van der Waals surface area contributed by atoms with E-state index in [1.165, 1.54) is 19.2 Å². The smallest absolute Gasteiger partial charge is 0.326 e. The van der Waals surface area contributed by atoms with E-state index in [0.29, 0.717) is 5.69 Å². The maximum atomic E-state index is 13.2. The first kappa shape index (κ1) is 16.7. The van der Waals surface area contributed by atoms with Gasteiger partial charge in [0.05, 0.1) is 7.11 Å². The summed E-state index contributed by atoms with van der Waals surface area (Å²) in [6.45, 7) is 5.10. The summed E-state index contributed by atoms with van der Waals surface area (Å²) in [5.41, 5.74) is -0.354. The van der Waals surface area contributed by atoms with Crippen LogP contribution in [0.3, 0.4) is 0 Å². The van der Waals surface area contributed by atoms with Crippen LogP contribution in [0.15, 0.2) is 18.2 Å². The van der Waals surface area contributed by atoms with Gasteiger partial charge in [-0.1, -0.05) is 20.8 Å². The van der Waals surface area contributed by atoms with E-state index in [1.54, 1.807) is 20.8 Å². The minimum absolute atomic E-state index is 0.0154. The molecule has 1 aromatic carbocycles. The number of carbonyl (C=O) groups is 2. The molecule has 0 radical (unpaired) electrons. The third kappa shape index (κ3) is 4.62. The summed E-state index contributed by atoms with van der Waals surface area (Å²) < 4.78 is 18.0. The number of hydrogen-bond acceptors (Lipinski definition) is 3. The fourth-order valence-electron chi connectivity index (χ4n) is 1.68. The molecule has 0 aromatic heterocycles. The highest BCUT2D eigenvalue weighted by Crippen LogP contribution is 2.22. The Hall–Kier alpha value is -2.31. The number of carbonyl (C=O) groups excluding carboxylic acids is 1. The Balaban J connectivity index is 2.79. The van der Waals surface area contributed by atoms with Gasteiger partial charge >= 0.3 is 12.0 Å². The standard InChI is InChI=1S/C14H19FN2O4/c1-14(2,3)11(12(18)19)17-13(20)16-8-5-6-9(15)10(7-8)21-4/h5-7,11H,1-4H3,(H,18,19)(H2,16,17,20)/t11-/m0/s1. The summed E-state index contributed by atoms with van der Waals surface area (Å²) in [5.74, 6) is -1.70. The Morgan fingerprint density at radius 3 is 2.43 bits per heavy atom. The molecule has 0 saturated heterocycles. The van der Waals surface area contributed by atoms with E-state index in [0.717, 1.165) is 6.07 Å².